The van der Waals surface area contributed by atoms with Crippen LogP contribution >= 0.6 is 0 Å². The third kappa shape index (κ3) is 4.78. The van der Waals surface area contributed by atoms with Crippen LogP contribution in [0.15, 0.2) is 10.7 Å². The number of hydrogen-bond acceptors (Lipinski definition) is 6. The first-order valence-corrected chi connectivity index (χ1v) is 5.42. The van der Waals surface area contributed by atoms with E-state index in [1.165, 1.54) is 0 Å². The molecule has 0 radical (unpaired) electrons. The van der Waals surface area contributed by atoms with E-state index in [0.29, 0.717) is 4.90 Å². The highest BCUT2D eigenvalue weighted by Gasteiger charge is 2.32. The van der Waals surface area contributed by atoms with Crippen molar-refractivity contribution >= 4 is 12.0 Å². The first-order chi connectivity index (χ1) is 8.87. The van der Waals surface area contributed by atoms with Gasteiger partial charge in [-0.2, -0.15) is 18.2 Å². The second-order valence-electron chi connectivity index (χ2n) is 3.50. The van der Waals surface area contributed by atoms with E-state index >= 15 is 0 Å². The van der Waals surface area contributed by atoms with Gasteiger partial charge in [0.1, 0.15) is 12.8 Å². The average Bonchev–Trinajstić information content (AvgIpc) is 2.76. The Bertz CT molecular complexity index is 419. The van der Waals surface area contributed by atoms with Crippen LogP contribution in [0.5, 0.6) is 0 Å². The summed E-state index contributed by atoms with van der Waals surface area (Å²) in [5, 5.41) is 8.72. The molecular weight excluding hydrogens is 269 g/mol. The van der Waals surface area contributed by atoms with Gasteiger partial charge in [-0.3, -0.25) is 0 Å². The van der Waals surface area contributed by atoms with Gasteiger partial charge < -0.3 is 19.2 Å². The molecule has 1 heterocycles. The minimum atomic E-state index is -4.48. The van der Waals surface area contributed by atoms with Gasteiger partial charge in [-0.05, 0) is 6.92 Å². The zero-order chi connectivity index (χ0) is 14.5. The van der Waals surface area contributed by atoms with Crippen molar-refractivity contribution in [2.75, 3.05) is 31.2 Å². The Hall–Kier alpha value is -1.77. The molecule has 1 N–H and O–H groups in total. The third-order valence-corrected chi connectivity index (χ3v) is 1.99. The molecule has 1 rings (SSSR count). The molecule has 108 valence electrons. The Morgan fingerprint density at radius 3 is 2.79 bits per heavy atom. The van der Waals surface area contributed by atoms with Crippen LogP contribution in [0.3, 0.4) is 0 Å². The maximum atomic E-state index is 12.3. The zero-order valence-electron chi connectivity index (χ0n) is 10.1. The molecular formula is C10H13F3N2O4. The van der Waals surface area contributed by atoms with Crippen LogP contribution in [0.2, 0.25) is 0 Å². The van der Waals surface area contributed by atoms with E-state index in [1.54, 1.807) is 6.92 Å². The summed E-state index contributed by atoms with van der Waals surface area (Å²) in [7, 11) is 0. The molecule has 0 fully saturated rings. The van der Waals surface area contributed by atoms with Gasteiger partial charge in [0.05, 0.1) is 13.2 Å². The van der Waals surface area contributed by atoms with E-state index in [-0.39, 0.29) is 18.8 Å². The number of hydrogen-bond donors (Lipinski definition) is 1. The van der Waals surface area contributed by atoms with Crippen LogP contribution in [0.1, 0.15) is 17.4 Å². The molecule has 0 amide bonds. The van der Waals surface area contributed by atoms with Gasteiger partial charge in [0.2, 0.25) is 0 Å². The number of aliphatic hydroxyl groups excluding tert-OH is 1. The lowest BCUT2D eigenvalue weighted by molar-refractivity contribution is -0.120. The molecule has 0 aliphatic rings. The lowest BCUT2D eigenvalue weighted by atomic mass is 10.5. The van der Waals surface area contributed by atoms with Crippen molar-refractivity contribution in [1.82, 2.24) is 4.98 Å². The van der Waals surface area contributed by atoms with Crippen molar-refractivity contribution in [1.29, 1.82) is 0 Å². The van der Waals surface area contributed by atoms with Gasteiger partial charge >= 0.3 is 12.1 Å². The van der Waals surface area contributed by atoms with Crippen LogP contribution in [0.25, 0.3) is 0 Å². The van der Waals surface area contributed by atoms with Crippen molar-refractivity contribution in [3.05, 3.63) is 12.0 Å². The zero-order valence-corrected chi connectivity index (χ0v) is 10.1. The largest absolute Gasteiger partial charge is 0.461 e. The Balaban J connectivity index is 2.83. The van der Waals surface area contributed by atoms with Crippen LogP contribution in [0, 0.1) is 0 Å². The molecule has 0 saturated heterocycles. The maximum absolute atomic E-state index is 12.3. The fraction of sp³-hybridized carbons (Fsp3) is 0.600. The number of ether oxygens (including phenoxy) is 1. The fourth-order valence-electron chi connectivity index (χ4n) is 1.29. The predicted molar refractivity (Wildman–Crippen MR) is 57.8 cm³/mol. The molecule has 0 saturated carbocycles. The number of esters is 1. The van der Waals surface area contributed by atoms with Gasteiger partial charge in [0, 0.05) is 6.54 Å². The molecule has 0 bridgehead atoms. The SMILES string of the molecule is CCOC(=O)c1coc(N(CCO)CC(F)(F)F)n1. The van der Waals surface area contributed by atoms with Crippen molar-refractivity contribution in [2.24, 2.45) is 0 Å². The molecule has 0 spiro atoms. The lowest BCUT2D eigenvalue weighted by Gasteiger charge is -2.20. The second kappa shape index (κ2) is 6.41. The number of anilines is 1. The van der Waals surface area contributed by atoms with Gasteiger partial charge in [-0.15, -0.1) is 0 Å². The number of aliphatic hydroxyl groups is 1. The number of nitrogens with zero attached hydrogens (tertiary/aromatic N) is 2. The highest BCUT2D eigenvalue weighted by molar-refractivity contribution is 5.87. The summed E-state index contributed by atoms with van der Waals surface area (Å²) in [4.78, 5) is 15.6. The topological polar surface area (TPSA) is 75.8 Å². The van der Waals surface area contributed by atoms with Crippen LogP contribution in [0.4, 0.5) is 19.2 Å². The van der Waals surface area contributed by atoms with E-state index in [4.69, 9.17) is 9.52 Å². The highest BCUT2D eigenvalue weighted by atomic mass is 19.4. The smallest absolute Gasteiger partial charge is 0.406 e. The number of halogens is 3. The monoisotopic (exact) mass is 282 g/mol. The highest BCUT2D eigenvalue weighted by Crippen LogP contribution is 2.21. The number of rotatable bonds is 6. The fourth-order valence-corrected chi connectivity index (χ4v) is 1.29. The predicted octanol–water partition coefficient (Wildman–Crippen LogP) is 1.21. The molecule has 0 unspecified atom stereocenters. The third-order valence-electron chi connectivity index (χ3n) is 1.99. The Labute approximate surface area is 106 Å². The van der Waals surface area contributed by atoms with Crippen molar-refractivity contribution < 1.29 is 32.2 Å². The normalized spacial score (nSPS) is 11.4. The van der Waals surface area contributed by atoms with Crippen molar-refractivity contribution in [3.8, 4) is 0 Å². The van der Waals surface area contributed by atoms with Crippen molar-refractivity contribution in [3.63, 3.8) is 0 Å². The average molecular weight is 282 g/mol. The van der Waals surface area contributed by atoms with Crippen LogP contribution in [-0.2, 0) is 4.74 Å². The van der Waals surface area contributed by atoms with Gasteiger partial charge in [0.25, 0.3) is 6.01 Å². The lowest BCUT2D eigenvalue weighted by Crippen LogP contribution is -2.36. The van der Waals surface area contributed by atoms with E-state index in [0.717, 1.165) is 6.26 Å². The summed E-state index contributed by atoms with van der Waals surface area (Å²) in [6, 6.07) is -0.394. The molecule has 19 heavy (non-hydrogen) atoms. The molecule has 0 aliphatic heterocycles. The Morgan fingerprint density at radius 1 is 1.58 bits per heavy atom. The number of aromatic nitrogens is 1. The molecule has 6 nitrogen and oxygen atoms in total. The van der Waals surface area contributed by atoms with Crippen LogP contribution < -0.4 is 4.90 Å². The first kappa shape index (κ1) is 15.3. The van der Waals surface area contributed by atoms with Gasteiger partial charge in [-0.1, -0.05) is 0 Å². The molecule has 9 heteroatoms. The number of carbonyl (C=O) groups is 1. The summed E-state index contributed by atoms with van der Waals surface area (Å²) in [6.45, 7) is -0.462. The summed E-state index contributed by atoms with van der Waals surface area (Å²) >= 11 is 0. The summed E-state index contributed by atoms with van der Waals surface area (Å²) in [5.41, 5.74) is -0.220. The number of oxazole rings is 1. The van der Waals surface area contributed by atoms with Gasteiger partial charge in [-0.25, -0.2) is 4.79 Å². The van der Waals surface area contributed by atoms with E-state index in [2.05, 4.69) is 9.72 Å². The van der Waals surface area contributed by atoms with E-state index in [9.17, 15) is 18.0 Å². The molecule has 1 aromatic heterocycles. The van der Waals surface area contributed by atoms with Crippen LogP contribution in [-0.4, -0.2) is 48.5 Å². The number of carbonyl (C=O) groups excluding carboxylic acids is 1. The molecule has 0 aliphatic carbocycles. The maximum Gasteiger partial charge on any atom is 0.406 e. The quantitative estimate of drug-likeness (QED) is 0.790. The summed E-state index contributed by atoms with van der Waals surface area (Å²) < 4.78 is 46.4. The van der Waals surface area contributed by atoms with Gasteiger partial charge in [0.15, 0.2) is 5.69 Å². The van der Waals surface area contributed by atoms with E-state index < -0.39 is 31.3 Å². The Kier molecular flexibility index (Phi) is 5.16. The summed E-state index contributed by atoms with van der Waals surface area (Å²) in [6.07, 6.45) is -3.57. The minimum absolute atomic E-state index is 0.115. The number of alkyl halides is 3. The summed E-state index contributed by atoms with van der Waals surface area (Å²) in [5.74, 6) is -0.784. The standard InChI is InChI=1S/C10H13F3N2O4/c1-2-18-8(17)7-5-19-9(14-7)15(3-4-16)6-10(11,12)13/h5,16H,2-4,6H2,1H3. The molecule has 0 aromatic carbocycles. The first-order valence-electron chi connectivity index (χ1n) is 5.42. The van der Waals surface area contributed by atoms with Crippen molar-refractivity contribution in [2.45, 2.75) is 13.1 Å². The molecule has 0 atom stereocenters. The van der Waals surface area contributed by atoms with E-state index in [1.807, 2.05) is 0 Å². The Morgan fingerprint density at radius 2 is 2.26 bits per heavy atom. The molecule has 1 aromatic rings. The minimum Gasteiger partial charge on any atom is -0.461 e. The second-order valence-corrected chi connectivity index (χ2v) is 3.50.